The van der Waals surface area contributed by atoms with E-state index in [4.69, 9.17) is 33.7 Å². The number of methoxy groups -OCH3 is 1. The van der Waals surface area contributed by atoms with Crippen LogP contribution in [0.25, 0.3) is 5.52 Å². The number of nitrogens with one attached hydrogen (secondary N) is 1. The highest BCUT2D eigenvalue weighted by atomic mass is 31.2. The van der Waals surface area contributed by atoms with Gasteiger partial charge in [0.2, 0.25) is 5.60 Å². The average molecular weight is 673 g/mol. The molecule has 1 aliphatic heterocycles. The van der Waals surface area contributed by atoms with Crippen LogP contribution >= 0.6 is 7.75 Å². The molecule has 252 valence electrons. The number of nitriles is 1. The van der Waals surface area contributed by atoms with Gasteiger partial charge in [0.05, 0.1) is 24.6 Å². The number of carbonyl (C=O) groups excluding carboxylic acids is 3. The van der Waals surface area contributed by atoms with Gasteiger partial charge in [-0.2, -0.15) is 15.4 Å². The quantitative estimate of drug-likeness (QED) is 0.151. The number of nitrogen functional groups attached to an aromatic ring is 1. The van der Waals surface area contributed by atoms with Crippen LogP contribution in [0.15, 0.2) is 48.8 Å². The molecule has 16 nitrogen and oxygen atoms in total. The van der Waals surface area contributed by atoms with E-state index in [2.05, 4.69) is 15.2 Å². The number of para-hydroxylation sites is 1. The van der Waals surface area contributed by atoms with Gasteiger partial charge in [0, 0.05) is 0 Å². The molecular formula is C30H37N6O10P. The van der Waals surface area contributed by atoms with Gasteiger partial charge in [-0.1, -0.05) is 45.9 Å². The Morgan fingerprint density at radius 1 is 1.06 bits per heavy atom. The molecule has 47 heavy (non-hydrogen) atoms. The van der Waals surface area contributed by atoms with Crippen molar-refractivity contribution in [2.75, 3.05) is 19.5 Å². The summed E-state index contributed by atoms with van der Waals surface area (Å²) in [6.07, 6.45) is -3.10. The minimum Gasteiger partial charge on any atom is -0.468 e. The Morgan fingerprint density at radius 2 is 1.72 bits per heavy atom. The molecule has 3 N–H and O–H groups in total. The Bertz CT molecular complexity index is 1690. The number of rotatable bonds is 13. The molecule has 0 saturated carbocycles. The van der Waals surface area contributed by atoms with E-state index in [1.54, 1.807) is 58.0 Å². The van der Waals surface area contributed by atoms with Gasteiger partial charge in [-0.15, -0.1) is 0 Å². The molecule has 0 bridgehead atoms. The normalized spacial score (nSPS) is 22.7. The zero-order chi connectivity index (χ0) is 34.5. The Morgan fingerprint density at radius 3 is 2.34 bits per heavy atom. The molecule has 6 atom stereocenters. The molecule has 3 heterocycles. The highest BCUT2D eigenvalue weighted by Gasteiger charge is 2.62. The Kier molecular flexibility index (Phi) is 10.9. The summed E-state index contributed by atoms with van der Waals surface area (Å²) >= 11 is 0. The lowest BCUT2D eigenvalue weighted by Crippen LogP contribution is -2.50. The van der Waals surface area contributed by atoms with Crippen molar-refractivity contribution in [1.29, 1.82) is 5.26 Å². The Balaban J connectivity index is 1.81. The third kappa shape index (κ3) is 7.71. The van der Waals surface area contributed by atoms with E-state index in [1.807, 2.05) is 6.07 Å². The molecule has 1 aliphatic rings. The molecule has 0 radical (unpaired) electrons. The predicted molar refractivity (Wildman–Crippen MR) is 164 cm³/mol. The van der Waals surface area contributed by atoms with Crippen LogP contribution in [0.1, 0.15) is 46.4 Å². The molecule has 2 aromatic heterocycles. The minimum absolute atomic E-state index is 0.111. The van der Waals surface area contributed by atoms with Gasteiger partial charge in [-0.3, -0.25) is 18.9 Å². The lowest BCUT2D eigenvalue weighted by Gasteiger charge is -2.31. The molecular weight excluding hydrogens is 635 g/mol. The SMILES string of the molecule is COC(=O)C(C)N[P@@](=O)(OC[C@@]1(C#N)O[C@@H](c2ccc3c(N)ncnn23)[C@H](OC(=O)C(C)C)[C@@H]1OC(=O)C(C)C)Oc1ccccc1. The number of esters is 3. The van der Waals surface area contributed by atoms with Crippen LogP contribution < -0.4 is 15.3 Å². The van der Waals surface area contributed by atoms with Crippen molar-refractivity contribution < 1.29 is 46.9 Å². The van der Waals surface area contributed by atoms with Crippen LogP contribution in [0.2, 0.25) is 0 Å². The maximum atomic E-state index is 14.2. The van der Waals surface area contributed by atoms with Gasteiger partial charge in [0.1, 0.15) is 42.4 Å². The third-order valence-corrected chi connectivity index (χ3v) is 8.77. The molecule has 3 aromatic rings. The van der Waals surface area contributed by atoms with Crippen LogP contribution in [0, 0.1) is 23.2 Å². The zero-order valence-corrected chi connectivity index (χ0v) is 27.6. The van der Waals surface area contributed by atoms with E-state index in [0.717, 1.165) is 7.11 Å². The molecule has 0 spiro atoms. The number of nitrogens with two attached hydrogens (primary N) is 1. The molecule has 0 amide bonds. The van der Waals surface area contributed by atoms with E-state index >= 15 is 0 Å². The fraction of sp³-hybridized carbons (Fsp3) is 0.467. The Labute approximate surface area is 271 Å². The van der Waals surface area contributed by atoms with Gasteiger partial charge in [-0.05, 0) is 31.2 Å². The number of benzene rings is 1. The smallest absolute Gasteiger partial charge is 0.459 e. The van der Waals surface area contributed by atoms with Gasteiger partial charge in [0.25, 0.3) is 0 Å². The van der Waals surface area contributed by atoms with Gasteiger partial charge in [-0.25, -0.2) is 14.1 Å². The molecule has 1 fully saturated rings. The van der Waals surface area contributed by atoms with Crippen molar-refractivity contribution in [1.82, 2.24) is 19.7 Å². The average Bonchev–Trinajstić information content (AvgIpc) is 3.60. The summed E-state index contributed by atoms with van der Waals surface area (Å²) in [4.78, 5) is 42.3. The van der Waals surface area contributed by atoms with E-state index in [1.165, 1.54) is 29.9 Å². The Hall–Kier alpha value is -4.55. The summed E-state index contributed by atoms with van der Waals surface area (Å²) in [5.41, 5.74) is 4.46. The fourth-order valence-electron chi connectivity index (χ4n) is 4.62. The molecule has 0 aliphatic carbocycles. The number of hydrogen-bond donors (Lipinski definition) is 2. The summed E-state index contributed by atoms with van der Waals surface area (Å²) < 4.78 is 49.8. The number of carbonyl (C=O) groups is 3. The summed E-state index contributed by atoms with van der Waals surface area (Å²) in [6.45, 7) is 6.89. The van der Waals surface area contributed by atoms with Crippen LogP contribution in [0.4, 0.5) is 5.82 Å². The van der Waals surface area contributed by atoms with Crippen molar-refractivity contribution in [3.05, 3.63) is 54.5 Å². The maximum absolute atomic E-state index is 14.2. The number of aromatic nitrogens is 3. The van der Waals surface area contributed by atoms with Crippen molar-refractivity contribution in [2.24, 2.45) is 11.8 Å². The summed E-state index contributed by atoms with van der Waals surface area (Å²) in [7, 11) is -3.36. The first-order valence-electron chi connectivity index (χ1n) is 14.7. The molecule has 4 rings (SSSR count). The summed E-state index contributed by atoms with van der Waals surface area (Å²) in [5, 5.41) is 17.4. The van der Waals surface area contributed by atoms with E-state index in [0.29, 0.717) is 5.52 Å². The van der Waals surface area contributed by atoms with Crippen LogP contribution in [-0.4, -0.2) is 70.1 Å². The first kappa shape index (κ1) is 35.3. The number of anilines is 1. The van der Waals surface area contributed by atoms with E-state index in [9.17, 15) is 24.2 Å². The van der Waals surface area contributed by atoms with Crippen LogP contribution in [0.5, 0.6) is 5.75 Å². The fourth-order valence-corrected chi connectivity index (χ4v) is 6.14. The minimum atomic E-state index is -4.51. The second kappa shape index (κ2) is 14.5. The van der Waals surface area contributed by atoms with E-state index in [-0.39, 0.29) is 17.3 Å². The molecule has 1 aromatic carbocycles. The van der Waals surface area contributed by atoms with Crippen molar-refractivity contribution in [2.45, 2.75) is 64.6 Å². The van der Waals surface area contributed by atoms with Gasteiger partial charge >= 0.3 is 25.7 Å². The lowest BCUT2D eigenvalue weighted by atomic mass is 9.95. The molecule has 1 unspecified atom stereocenters. The molecule has 17 heteroatoms. The van der Waals surface area contributed by atoms with Crippen molar-refractivity contribution in [3.63, 3.8) is 0 Å². The number of ether oxygens (including phenoxy) is 4. The van der Waals surface area contributed by atoms with Crippen molar-refractivity contribution in [3.8, 4) is 11.8 Å². The monoisotopic (exact) mass is 672 g/mol. The van der Waals surface area contributed by atoms with Crippen molar-refractivity contribution >= 4 is 37.0 Å². The highest BCUT2D eigenvalue weighted by Crippen LogP contribution is 2.50. The molecule has 1 saturated heterocycles. The first-order valence-corrected chi connectivity index (χ1v) is 16.2. The first-order chi connectivity index (χ1) is 22.2. The van der Waals surface area contributed by atoms with E-state index < -0.39 is 74.1 Å². The number of fused-ring (bicyclic) bond motifs is 1. The summed E-state index contributed by atoms with van der Waals surface area (Å²) in [5.74, 6) is -3.21. The van der Waals surface area contributed by atoms with Gasteiger partial charge in [0.15, 0.2) is 18.0 Å². The highest BCUT2D eigenvalue weighted by molar-refractivity contribution is 7.52. The maximum Gasteiger partial charge on any atom is 0.459 e. The van der Waals surface area contributed by atoms with Crippen LogP contribution in [0.3, 0.4) is 0 Å². The number of nitrogens with zero attached hydrogens (tertiary/aromatic N) is 4. The van der Waals surface area contributed by atoms with Crippen LogP contribution in [-0.2, 0) is 42.4 Å². The second-order valence-corrected chi connectivity index (χ2v) is 13.1. The third-order valence-electron chi connectivity index (χ3n) is 7.15. The van der Waals surface area contributed by atoms with Gasteiger partial charge < -0.3 is 29.2 Å². The summed E-state index contributed by atoms with van der Waals surface area (Å²) in [6, 6.07) is 12.0. The predicted octanol–water partition coefficient (Wildman–Crippen LogP) is 3.14. The lowest BCUT2D eigenvalue weighted by molar-refractivity contribution is -0.173. The topological polar surface area (TPSA) is 216 Å². The second-order valence-electron chi connectivity index (χ2n) is 11.4. The zero-order valence-electron chi connectivity index (χ0n) is 26.7. The largest absolute Gasteiger partial charge is 0.468 e. The standard InChI is InChI=1S/C30H37N6O10P/c1-17(2)27(37)43-24-23(21-12-13-22-26(32)33-16-34-36(21)22)45-30(14-31,25(24)44-28(38)18(3)4)15-42-47(40,35-19(5)29(39)41-6)46-20-10-8-7-9-11-20/h7-13,16-19,23-25H,15H2,1-6H3,(H,35,40)(H2,32,33,34)/t19?,23-,24-,25-,30+,47+/m0/s1. The number of hydrogen-bond acceptors (Lipinski definition) is 14.